The smallest absolute Gasteiger partial charge is 0.123 e. The zero-order valence-electron chi connectivity index (χ0n) is 11.8. The van der Waals surface area contributed by atoms with Crippen LogP contribution in [0.1, 0.15) is 16.7 Å². The number of phenolic OH excluding ortho intramolecular Hbond substituents is 1. The number of nitrogen functional groups attached to an aromatic ring is 1. The summed E-state index contributed by atoms with van der Waals surface area (Å²) in [5.41, 5.74) is 8.21. The molecule has 0 saturated heterocycles. The third-order valence-electron chi connectivity index (χ3n) is 2.96. The van der Waals surface area contributed by atoms with Gasteiger partial charge in [-0.15, -0.1) is 12.4 Å². The Hall–Kier alpha value is -2.20. The maximum Gasteiger partial charge on any atom is 0.123 e. The van der Waals surface area contributed by atoms with Crippen LogP contribution in [0.2, 0.25) is 0 Å². The molecule has 0 fully saturated rings. The van der Waals surface area contributed by atoms with E-state index in [0.29, 0.717) is 12.4 Å². The molecule has 0 aromatic heterocycles. The van der Waals surface area contributed by atoms with E-state index in [1.165, 1.54) is 0 Å². The number of nitrogens with two attached hydrogens (primary N) is 1. The van der Waals surface area contributed by atoms with Crippen LogP contribution in [0.25, 0.3) is 0 Å². The number of ether oxygens (including phenoxy) is 1. The number of aryl methyl sites for hydroxylation is 1. The van der Waals surface area contributed by atoms with E-state index < -0.39 is 0 Å². The van der Waals surface area contributed by atoms with Crippen LogP contribution >= 0.6 is 12.4 Å². The molecule has 0 aliphatic heterocycles. The molecule has 2 aromatic carbocycles. The minimum atomic E-state index is 0. The molecular weight excluding hydrogens is 288 g/mol. The van der Waals surface area contributed by atoms with Crippen LogP contribution in [0.3, 0.4) is 0 Å². The number of nitrogens with one attached hydrogen (secondary N) is 1. The molecule has 112 valence electrons. The van der Waals surface area contributed by atoms with Crippen molar-refractivity contribution in [3.63, 3.8) is 0 Å². The highest BCUT2D eigenvalue weighted by atomic mass is 35.5. The highest BCUT2D eigenvalue weighted by molar-refractivity contribution is 5.94. The Bertz CT molecular complexity index is 592. The van der Waals surface area contributed by atoms with Crippen LogP contribution in [0.4, 0.5) is 0 Å². The summed E-state index contributed by atoms with van der Waals surface area (Å²) in [7, 11) is 0. The van der Waals surface area contributed by atoms with Crippen LogP contribution < -0.4 is 10.5 Å². The number of amidine groups is 1. The second kappa shape index (κ2) is 7.55. The predicted molar refractivity (Wildman–Crippen MR) is 86.7 cm³/mol. The maximum atomic E-state index is 9.48. The van der Waals surface area contributed by atoms with Gasteiger partial charge in [0.05, 0.1) is 6.61 Å². The maximum absolute atomic E-state index is 9.48. The van der Waals surface area contributed by atoms with Crippen molar-refractivity contribution in [3.8, 4) is 11.5 Å². The topological polar surface area (TPSA) is 79.3 Å². The Labute approximate surface area is 130 Å². The van der Waals surface area contributed by atoms with Crippen LogP contribution in [-0.2, 0) is 6.42 Å². The van der Waals surface area contributed by atoms with E-state index in [1.807, 2.05) is 37.3 Å². The summed E-state index contributed by atoms with van der Waals surface area (Å²) in [4.78, 5) is 0. The Morgan fingerprint density at radius 3 is 2.43 bits per heavy atom. The Morgan fingerprint density at radius 1 is 1.19 bits per heavy atom. The third kappa shape index (κ3) is 5.00. The van der Waals surface area contributed by atoms with Gasteiger partial charge in [0.15, 0.2) is 0 Å². The summed E-state index contributed by atoms with van der Waals surface area (Å²) in [5.74, 6) is 0.955. The van der Waals surface area contributed by atoms with E-state index in [0.717, 1.165) is 23.1 Å². The van der Waals surface area contributed by atoms with E-state index in [9.17, 15) is 5.11 Å². The van der Waals surface area contributed by atoms with Gasteiger partial charge in [0.2, 0.25) is 0 Å². The van der Waals surface area contributed by atoms with Crippen molar-refractivity contribution in [3.05, 3.63) is 59.2 Å². The van der Waals surface area contributed by atoms with E-state index >= 15 is 0 Å². The van der Waals surface area contributed by atoms with Gasteiger partial charge >= 0.3 is 0 Å². The van der Waals surface area contributed by atoms with E-state index in [2.05, 4.69) is 0 Å². The van der Waals surface area contributed by atoms with E-state index in [-0.39, 0.29) is 24.0 Å². The lowest BCUT2D eigenvalue weighted by Crippen LogP contribution is -2.10. The number of benzene rings is 2. The second-order valence-electron chi connectivity index (χ2n) is 4.71. The monoisotopic (exact) mass is 306 g/mol. The SMILES string of the molecule is Cc1cc(O)cc(OCCc2ccc(C(=N)N)cc2)c1.Cl. The highest BCUT2D eigenvalue weighted by Gasteiger charge is 2.00. The molecule has 0 saturated carbocycles. The van der Waals surface area contributed by atoms with Gasteiger partial charge in [-0.3, -0.25) is 5.41 Å². The lowest BCUT2D eigenvalue weighted by atomic mass is 10.1. The average Bonchev–Trinajstić information content (AvgIpc) is 2.38. The Balaban J connectivity index is 0.00000220. The number of hydrogen-bond donors (Lipinski definition) is 3. The molecule has 2 aromatic rings. The first-order chi connectivity index (χ1) is 9.54. The molecule has 2 rings (SSSR count). The number of rotatable bonds is 5. The van der Waals surface area contributed by atoms with Crippen molar-refractivity contribution in [1.29, 1.82) is 5.41 Å². The largest absolute Gasteiger partial charge is 0.508 e. The second-order valence-corrected chi connectivity index (χ2v) is 4.71. The minimum absolute atomic E-state index is 0. The fraction of sp³-hybridized carbons (Fsp3) is 0.188. The first kappa shape index (κ1) is 16.9. The van der Waals surface area contributed by atoms with Gasteiger partial charge in [-0.05, 0) is 30.2 Å². The van der Waals surface area contributed by atoms with E-state index in [4.69, 9.17) is 15.9 Å². The average molecular weight is 307 g/mol. The van der Waals surface area contributed by atoms with Crippen molar-refractivity contribution >= 4 is 18.2 Å². The molecule has 0 aliphatic carbocycles. The number of halogens is 1. The number of aromatic hydroxyl groups is 1. The van der Waals surface area contributed by atoms with Crippen molar-refractivity contribution in [2.75, 3.05) is 6.61 Å². The predicted octanol–water partition coefficient (Wildman–Crippen LogP) is 3.03. The highest BCUT2D eigenvalue weighted by Crippen LogP contribution is 2.21. The molecule has 0 atom stereocenters. The van der Waals surface area contributed by atoms with Gasteiger partial charge in [0, 0.05) is 18.1 Å². The van der Waals surface area contributed by atoms with Gasteiger partial charge in [-0.1, -0.05) is 24.3 Å². The molecule has 0 spiro atoms. The fourth-order valence-corrected chi connectivity index (χ4v) is 1.95. The first-order valence-electron chi connectivity index (χ1n) is 6.41. The van der Waals surface area contributed by atoms with Crippen molar-refractivity contribution in [2.45, 2.75) is 13.3 Å². The van der Waals surface area contributed by atoms with Gasteiger partial charge in [0.1, 0.15) is 17.3 Å². The van der Waals surface area contributed by atoms with Gasteiger partial charge in [0.25, 0.3) is 0 Å². The molecule has 4 N–H and O–H groups in total. The van der Waals surface area contributed by atoms with Crippen molar-refractivity contribution in [1.82, 2.24) is 0 Å². The summed E-state index contributed by atoms with van der Waals surface area (Å²) < 4.78 is 5.62. The van der Waals surface area contributed by atoms with Crippen LogP contribution in [0.5, 0.6) is 11.5 Å². The summed E-state index contributed by atoms with van der Waals surface area (Å²) in [6.07, 6.45) is 0.757. The van der Waals surface area contributed by atoms with E-state index in [1.54, 1.807) is 12.1 Å². The normalized spacial score (nSPS) is 9.76. The van der Waals surface area contributed by atoms with Crippen molar-refractivity contribution in [2.24, 2.45) is 5.73 Å². The van der Waals surface area contributed by atoms with Crippen molar-refractivity contribution < 1.29 is 9.84 Å². The molecule has 4 nitrogen and oxygen atoms in total. The third-order valence-corrected chi connectivity index (χ3v) is 2.96. The standard InChI is InChI=1S/C16H18N2O2.ClH/c1-11-8-14(19)10-15(9-11)20-7-6-12-2-4-13(5-3-12)16(17)18;/h2-5,8-10,19H,6-7H2,1H3,(H3,17,18);1H. The molecule has 0 aliphatic rings. The zero-order chi connectivity index (χ0) is 14.5. The number of phenols is 1. The Morgan fingerprint density at radius 2 is 1.86 bits per heavy atom. The molecular formula is C16H19ClN2O2. The minimum Gasteiger partial charge on any atom is -0.508 e. The quantitative estimate of drug-likeness (QED) is 0.587. The molecule has 0 bridgehead atoms. The van der Waals surface area contributed by atoms with Crippen LogP contribution in [0, 0.1) is 12.3 Å². The van der Waals surface area contributed by atoms with Gasteiger partial charge < -0.3 is 15.6 Å². The summed E-state index contributed by atoms with van der Waals surface area (Å²) in [6, 6.07) is 12.7. The lowest BCUT2D eigenvalue weighted by Gasteiger charge is -2.08. The molecule has 0 radical (unpaired) electrons. The molecule has 0 amide bonds. The van der Waals surface area contributed by atoms with Gasteiger partial charge in [-0.25, -0.2) is 0 Å². The molecule has 21 heavy (non-hydrogen) atoms. The summed E-state index contributed by atoms with van der Waals surface area (Å²) in [6.45, 7) is 2.44. The molecule has 5 heteroatoms. The van der Waals surface area contributed by atoms with Gasteiger partial charge in [-0.2, -0.15) is 0 Å². The Kier molecular flexibility index (Phi) is 6.06. The fourth-order valence-electron chi connectivity index (χ4n) is 1.95. The zero-order valence-corrected chi connectivity index (χ0v) is 12.6. The molecule has 0 unspecified atom stereocenters. The molecule has 0 heterocycles. The first-order valence-corrected chi connectivity index (χ1v) is 6.41. The van der Waals surface area contributed by atoms with Crippen LogP contribution in [-0.4, -0.2) is 17.5 Å². The summed E-state index contributed by atoms with van der Waals surface area (Å²) in [5, 5.41) is 16.8. The number of hydrogen-bond acceptors (Lipinski definition) is 3. The van der Waals surface area contributed by atoms with Crippen LogP contribution in [0.15, 0.2) is 42.5 Å². The lowest BCUT2D eigenvalue weighted by molar-refractivity contribution is 0.319. The summed E-state index contributed by atoms with van der Waals surface area (Å²) >= 11 is 0.